The van der Waals surface area contributed by atoms with Crippen molar-refractivity contribution in [3.8, 4) is 5.75 Å². The molecule has 1 aromatic heterocycles. The molecule has 1 heterocycles. The summed E-state index contributed by atoms with van der Waals surface area (Å²) in [6, 6.07) is 8.57. The van der Waals surface area contributed by atoms with E-state index in [4.69, 9.17) is 16.3 Å². The lowest BCUT2D eigenvalue weighted by Crippen LogP contribution is -1.99. The molecule has 0 N–H and O–H groups in total. The third-order valence-corrected chi connectivity index (χ3v) is 2.97. The molecule has 2 aromatic rings. The molecule has 0 amide bonds. The van der Waals surface area contributed by atoms with Gasteiger partial charge in [-0.05, 0) is 24.3 Å². The van der Waals surface area contributed by atoms with Crippen molar-refractivity contribution in [2.45, 2.75) is 6.61 Å². The quantitative estimate of drug-likeness (QED) is 0.791. The van der Waals surface area contributed by atoms with E-state index in [-0.39, 0.29) is 12.4 Å². The highest BCUT2D eigenvalue weighted by Crippen LogP contribution is 2.23. The van der Waals surface area contributed by atoms with Gasteiger partial charge < -0.3 is 4.74 Å². The Morgan fingerprint density at radius 1 is 1.35 bits per heavy atom. The Morgan fingerprint density at radius 2 is 2.18 bits per heavy atom. The minimum absolute atomic E-state index is 0.117. The normalized spacial score (nSPS) is 10.3. The molecule has 0 aliphatic rings. The zero-order valence-electron chi connectivity index (χ0n) is 8.66. The van der Waals surface area contributed by atoms with Gasteiger partial charge in [-0.1, -0.05) is 33.6 Å². The van der Waals surface area contributed by atoms with Crippen molar-refractivity contribution in [3.63, 3.8) is 0 Å². The highest BCUT2D eigenvalue weighted by atomic mass is 79.9. The van der Waals surface area contributed by atoms with E-state index in [1.165, 1.54) is 12.3 Å². The fourth-order valence-corrected chi connectivity index (χ4v) is 2.00. The molecule has 2 nitrogen and oxygen atoms in total. The van der Waals surface area contributed by atoms with Gasteiger partial charge in [-0.25, -0.2) is 4.98 Å². The summed E-state index contributed by atoms with van der Waals surface area (Å²) in [6.45, 7) is 0.203. The molecule has 2 rings (SSSR count). The summed E-state index contributed by atoms with van der Waals surface area (Å²) in [4.78, 5) is 3.50. The largest absolute Gasteiger partial charge is 0.484 e. The van der Waals surface area contributed by atoms with Crippen LogP contribution < -0.4 is 4.74 Å². The van der Waals surface area contributed by atoms with Gasteiger partial charge in [-0.3, -0.25) is 0 Å². The molecule has 0 bridgehead atoms. The van der Waals surface area contributed by atoms with Crippen LogP contribution in [0.15, 0.2) is 41.0 Å². The van der Waals surface area contributed by atoms with E-state index in [1.807, 2.05) is 12.1 Å². The Bertz CT molecular complexity index is 536. The molecule has 0 atom stereocenters. The Balaban J connectivity index is 2.10. The monoisotopic (exact) mass is 315 g/mol. The van der Waals surface area contributed by atoms with Gasteiger partial charge >= 0.3 is 0 Å². The average Bonchev–Trinajstić information content (AvgIpc) is 2.30. The van der Waals surface area contributed by atoms with Crippen LogP contribution in [0.25, 0.3) is 0 Å². The van der Waals surface area contributed by atoms with E-state index in [2.05, 4.69) is 20.9 Å². The summed E-state index contributed by atoms with van der Waals surface area (Å²) in [6.07, 6.45) is 1.37. The molecule has 88 valence electrons. The van der Waals surface area contributed by atoms with Crippen molar-refractivity contribution in [1.29, 1.82) is 0 Å². The third-order valence-electron chi connectivity index (χ3n) is 2.12. The van der Waals surface area contributed by atoms with E-state index in [0.717, 1.165) is 10.0 Å². The maximum absolute atomic E-state index is 13.2. The zero-order chi connectivity index (χ0) is 12.3. The maximum Gasteiger partial charge on any atom is 0.255 e. The number of hydrogen-bond acceptors (Lipinski definition) is 2. The smallest absolute Gasteiger partial charge is 0.255 e. The second kappa shape index (κ2) is 5.47. The van der Waals surface area contributed by atoms with Crippen molar-refractivity contribution in [1.82, 2.24) is 4.98 Å². The summed E-state index contributed by atoms with van der Waals surface area (Å²) >= 11 is 9.32. The molecule has 0 fully saturated rings. The van der Waals surface area contributed by atoms with Crippen LogP contribution in [0.2, 0.25) is 5.02 Å². The predicted octanol–water partition coefficient (Wildman–Crippen LogP) is 4.22. The van der Waals surface area contributed by atoms with Crippen LogP contribution in [0.4, 0.5) is 4.39 Å². The average molecular weight is 317 g/mol. The number of halogens is 3. The maximum atomic E-state index is 13.2. The van der Waals surface area contributed by atoms with E-state index < -0.39 is 5.95 Å². The van der Waals surface area contributed by atoms with Crippen LogP contribution in [0.3, 0.4) is 0 Å². The Hall–Kier alpha value is -1.13. The van der Waals surface area contributed by atoms with Crippen molar-refractivity contribution >= 4 is 27.5 Å². The summed E-state index contributed by atoms with van der Waals surface area (Å²) < 4.78 is 19.4. The molecule has 0 saturated carbocycles. The van der Waals surface area contributed by atoms with E-state index >= 15 is 0 Å². The first-order valence-electron chi connectivity index (χ1n) is 4.84. The number of aromatic nitrogens is 1. The third kappa shape index (κ3) is 3.17. The van der Waals surface area contributed by atoms with Crippen LogP contribution in [-0.4, -0.2) is 4.98 Å². The van der Waals surface area contributed by atoms with Gasteiger partial charge in [0.25, 0.3) is 5.95 Å². The van der Waals surface area contributed by atoms with Crippen LogP contribution in [0.5, 0.6) is 5.75 Å². The highest BCUT2D eigenvalue weighted by Gasteiger charge is 2.06. The van der Waals surface area contributed by atoms with Crippen LogP contribution in [0, 0.1) is 5.95 Å². The molecule has 0 aliphatic carbocycles. The van der Waals surface area contributed by atoms with Crippen LogP contribution in [0.1, 0.15) is 5.56 Å². The fraction of sp³-hybridized carbons (Fsp3) is 0.0833. The van der Waals surface area contributed by atoms with Gasteiger partial charge in [-0.2, -0.15) is 4.39 Å². The van der Waals surface area contributed by atoms with Crippen molar-refractivity contribution in [2.75, 3.05) is 0 Å². The molecular formula is C12H8BrClFNO. The van der Waals surface area contributed by atoms with Crippen LogP contribution in [-0.2, 0) is 6.61 Å². The lowest BCUT2D eigenvalue weighted by molar-refractivity contribution is 0.286. The lowest BCUT2D eigenvalue weighted by atomic mass is 10.2. The first-order valence-corrected chi connectivity index (χ1v) is 6.01. The van der Waals surface area contributed by atoms with E-state index in [0.29, 0.717) is 5.02 Å². The summed E-state index contributed by atoms with van der Waals surface area (Å²) in [5.41, 5.74) is 0.790. The number of nitrogens with zero attached hydrogens (tertiary/aromatic N) is 1. The lowest BCUT2D eigenvalue weighted by Gasteiger charge is -2.08. The van der Waals surface area contributed by atoms with Gasteiger partial charge in [0.05, 0.1) is 0 Å². The van der Waals surface area contributed by atoms with Crippen molar-refractivity contribution < 1.29 is 9.13 Å². The second-order valence-corrected chi connectivity index (χ2v) is 4.64. The first-order chi connectivity index (χ1) is 8.16. The van der Waals surface area contributed by atoms with Crippen molar-refractivity contribution in [3.05, 3.63) is 57.5 Å². The molecule has 0 spiro atoms. The van der Waals surface area contributed by atoms with Crippen LogP contribution >= 0.6 is 27.5 Å². The molecule has 0 radical (unpaired) electrons. The molecule has 17 heavy (non-hydrogen) atoms. The Kier molecular flexibility index (Phi) is 3.97. The first kappa shape index (κ1) is 12.3. The molecular weight excluding hydrogens is 308 g/mol. The van der Waals surface area contributed by atoms with Gasteiger partial charge in [0.1, 0.15) is 6.61 Å². The van der Waals surface area contributed by atoms with Gasteiger partial charge in [0.15, 0.2) is 5.75 Å². The minimum atomic E-state index is -0.624. The SMILES string of the molecule is Fc1ncccc1OCc1ccc(Br)cc1Cl. The summed E-state index contributed by atoms with van der Waals surface area (Å²) in [5, 5.41) is 0.573. The Morgan fingerprint density at radius 3 is 2.88 bits per heavy atom. The highest BCUT2D eigenvalue weighted by molar-refractivity contribution is 9.10. The van der Waals surface area contributed by atoms with Crippen molar-refractivity contribution in [2.24, 2.45) is 0 Å². The van der Waals surface area contributed by atoms with E-state index in [1.54, 1.807) is 12.1 Å². The molecule has 0 saturated heterocycles. The fourth-order valence-electron chi connectivity index (χ4n) is 1.27. The number of hydrogen-bond donors (Lipinski definition) is 0. The topological polar surface area (TPSA) is 22.1 Å². The van der Waals surface area contributed by atoms with Gasteiger partial charge in [0.2, 0.25) is 0 Å². The van der Waals surface area contributed by atoms with Gasteiger partial charge in [-0.15, -0.1) is 0 Å². The minimum Gasteiger partial charge on any atom is -0.484 e. The van der Waals surface area contributed by atoms with E-state index in [9.17, 15) is 4.39 Å². The molecule has 5 heteroatoms. The standard InChI is InChI=1S/C12H8BrClFNO/c13-9-4-3-8(10(14)6-9)7-17-11-2-1-5-16-12(11)15/h1-6H,7H2. The zero-order valence-corrected chi connectivity index (χ0v) is 11.0. The molecule has 1 aromatic carbocycles. The number of ether oxygens (including phenoxy) is 1. The van der Waals surface area contributed by atoms with Gasteiger partial charge in [0, 0.05) is 21.3 Å². The second-order valence-electron chi connectivity index (χ2n) is 3.32. The predicted molar refractivity (Wildman–Crippen MR) is 67.7 cm³/mol. The Labute approximate surface area is 112 Å². The number of benzene rings is 1. The number of rotatable bonds is 3. The summed E-state index contributed by atoms with van der Waals surface area (Å²) in [7, 11) is 0. The molecule has 0 aliphatic heterocycles. The molecule has 0 unspecified atom stereocenters. The summed E-state index contributed by atoms with van der Waals surface area (Å²) in [5.74, 6) is -0.507. The number of pyridine rings is 1.